The highest BCUT2D eigenvalue weighted by Crippen LogP contribution is 2.19. The lowest BCUT2D eigenvalue weighted by Crippen LogP contribution is -2.00. The number of benzene rings is 1. The molecule has 2 aromatic rings. The molecule has 1 aromatic carbocycles. The van der Waals surface area contributed by atoms with Gasteiger partial charge in [-0.2, -0.15) is 0 Å². The first-order valence-corrected chi connectivity index (χ1v) is 7.98. The number of hydrogen-bond donors (Lipinski definition) is 0. The molecule has 0 spiro atoms. The summed E-state index contributed by atoms with van der Waals surface area (Å²) >= 11 is 7.36. The van der Waals surface area contributed by atoms with Gasteiger partial charge in [0.05, 0.1) is 23.2 Å². The van der Waals surface area contributed by atoms with Gasteiger partial charge in [-0.1, -0.05) is 6.07 Å². The van der Waals surface area contributed by atoms with Gasteiger partial charge in [0.15, 0.2) is 0 Å². The highest BCUT2D eigenvalue weighted by atomic mass is 35.5. The van der Waals surface area contributed by atoms with Crippen molar-refractivity contribution in [2.24, 2.45) is 0 Å². The van der Waals surface area contributed by atoms with Gasteiger partial charge in [-0.15, -0.1) is 22.9 Å². The van der Waals surface area contributed by atoms with Crippen LogP contribution in [-0.4, -0.2) is 11.6 Å². The fourth-order valence-corrected chi connectivity index (χ4v) is 2.88. The van der Waals surface area contributed by atoms with Gasteiger partial charge in [-0.3, -0.25) is 0 Å². The Balaban J connectivity index is 1.70. The van der Waals surface area contributed by atoms with E-state index in [1.165, 1.54) is 12.1 Å². The van der Waals surface area contributed by atoms with Crippen LogP contribution in [-0.2, 0) is 12.3 Å². The van der Waals surface area contributed by atoms with E-state index in [1.807, 2.05) is 12.3 Å². The summed E-state index contributed by atoms with van der Waals surface area (Å²) in [5.74, 6) is 0.837. The van der Waals surface area contributed by atoms with Gasteiger partial charge < -0.3 is 4.74 Å². The molecule has 0 N–H and O–H groups in total. The minimum absolute atomic E-state index is 0.262. The Morgan fingerprint density at radius 2 is 2.20 bits per heavy atom. The molecule has 0 bridgehead atoms. The van der Waals surface area contributed by atoms with Crippen molar-refractivity contribution in [2.45, 2.75) is 32.1 Å². The van der Waals surface area contributed by atoms with E-state index >= 15 is 0 Å². The normalized spacial score (nSPS) is 10.8. The van der Waals surface area contributed by atoms with Crippen molar-refractivity contribution in [1.82, 2.24) is 4.98 Å². The summed E-state index contributed by atoms with van der Waals surface area (Å²) in [6.07, 6.45) is 2.86. The lowest BCUT2D eigenvalue weighted by molar-refractivity contribution is 0.303. The van der Waals surface area contributed by atoms with Crippen molar-refractivity contribution in [1.29, 1.82) is 0 Å². The number of nitrogens with zero attached hydrogens (tertiary/aromatic N) is 1. The van der Waals surface area contributed by atoms with Crippen LogP contribution in [0.3, 0.4) is 0 Å². The Labute approximate surface area is 127 Å². The van der Waals surface area contributed by atoms with E-state index in [0.717, 1.165) is 35.5 Å². The lowest BCUT2D eigenvalue weighted by Gasteiger charge is -2.08. The number of ether oxygens (including phenoxy) is 1. The molecule has 0 aliphatic heterocycles. The number of alkyl halides is 1. The Morgan fingerprint density at radius 3 is 2.95 bits per heavy atom. The van der Waals surface area contributed by atoms with Gasteiger partial charge >= 0.3 is 0 Å². The first-order valence-electron chi connectivity index (χ1n) is 6.57. The topological polar surface area (TPSA) is 22.1 Å². The van der Waals surface area contributed by atoms with Gasteiger partial charge in [0.2, 0.25) is 0 Å². The monoisotopic (exact) mass is 313 g/mol. The van der Waals surface area contributed by atoms with Crippen LogP contribution in [0.4, 0.5) is 4.39 Å². The molecule has 108 valence electrons. The summed E-state index contributed by atoms with van der Waals surface area (Å²) in [5.41, 5.74) is 1.90. The first-order chi connectivity index (χ1) is 9.69. The summed E-state index contributed by atoms with van der Waals surface area (Å²) in [6, 6.07) is 4.61. The predicted molar refractivity (Wildman–Crippen MR) is 81.2 cm³/mol. The number of thiazole rings is 1. The molecular weight excluding hydrogens is 297 g/mol. The molecule has 0 atom stereocenters. The average Bonchev–Trinajstić information content (AvgIpc) is 2.90. The molecule has 1 heterocycles. The third kappa shape index (κ3) is 4.46. The number of aromatic nitrogens is 1. The van der Waals surface area contributed by atoms with E-state index in [9.17, 15) is 4.39 Å². The van der Waals surface area contributed by atoms with Gasteiger partial charge in [0, 0.05) is 11.4 Å². The number of rotatable bonds is 7. The zero-order valence-electron chi connectivity index (χ0n) is 11.4. The van der Waals surface area contributed by atoms with Crippen molar-refractivity contribution >= 4 is 22.9 Å². The van der Waals surface area contributed by atoms with Gasteiger partial charge in [-0.25, -0.2) is 9.37 Å². The lowest BCUT2D eigenvalue weighted by atomic mass is 10.2. The second kappa shape index (κ2) is 7.60. The van der Waals surface area contributed by atoms with E-state index in [2.05, 4.69) is 4.98 Å². The predicted octanol–water partition coefficient (Wildman–Crippen LogP) is 4.73. The molecule has 0 saturated heterocycles. The Hall–Kier alpha value is -1.13. The number of unbranched alkanes of at least 4 members (excludes halogenated alkanes) is 1. The van der Waals surface area contributed by atoms with Crippen molar-refractivity contribution in [3.8, 4) is 5.75 Å². The van der Waals surface area contributed by atoms with Crippen molar-refractivity contribution < 1.29 is 9.13 Å². The van der Waals surface area contributed by atoms with Crippen LogP contribution in [0.25, 0.3) is 0 Å². The van der Waals surface area contributed by atoms with Crippen molar-refractivity contribution in [3.05, 3.63) is 45.7 Å². The van der Waals surface area contributed by atoms with E-state index in [1.54, 1.807) is 17.4 Å². The fraction of sp³-hybridized carbons (Fsp3) is 0.400. The molecular formula is C15H17ClFNOS. The molecule has 1 aromatic heterocycles. The minimum Gasteiger partial charge on any atom is -0.493 e. The molecule has 0 radical (unpaired) electrons. The maximum atomic E-state index is 13.1. The van der Waals surface area contributed by atoms with Crippen molar-refractivity contribution in [3.63, 3.8) is 0 Å². The maximum Gasteiger partial charge on any atom is 0.126 e. The molecule has 0 unspecified atom stereocenters. The van der Waals surface area contributed by atoms with Crippen LogP contribution in [0, 0.1) is 12.7 Å². The molecule has 0 fully saturated rings. The quantitative estimate of drug-likeness (QED) is 0.544. The van der Waals surface area contributed by atoms with Crippen LogP contribution in [0.2, 0.25) is 0 Å². The second-order valence-electron chi connectivity index (χ2n) is 4.58. The Kier molecular flexibility index (Phi) is 5.80. The van der Waals surface area contributed by atoms with Crippen LogP contribution in [0.5, 0.6) is 5.75 Å². The summed E-state index contributed by atoms with van der Waals surface area (Å²) in [4.78, 5) is 4.41. The Morgan fingerprint density at radius 1 is 1.35 bits per heavy atom. The van der Waals surface area contributed by atoms with Gasteiger partial charge in [-0.05, 0) is 37.8 Å². The smallest absolute Gasteiger partial charge is 0.126 e. The summed E-state index contributed by atoms with van der Waals surface area (Å²) in [6.45, 7) is 2.51. The average molecular weight is 314 g/mol. The number of hydrogen-bond acceptors (Lipinski definition) is 3. The summed E-state index contributed by atoms with van der Waals surface area (Å²) < 4.78 is 18.7. The van der Waals surface area contributed by atoms with E-state index in [0.29, 0.717) is 18.2 Å². The zero-order chi connectivity index (χ0) is 14.4. The summed E-state index contributed by atoms with van der Waals surface area (Å²) in [5, 5.41) is 3.11. The largest absolute Gasteiger partial charge is 0.493 e. The maximum absolute atomic E-state index is 13.1. The summed E-state index contributed by atoms with van der Waals surface area (Å²) in [7, 11) is 0. The van der Waals surface area contributed by atoms with Crippen molar-refractivity contribution in [2.75, 3.05) is 6.61 Å². The highest BCUT2D eigenvalue weighted by molar-refractivity contribution is 7.09. The standard InChI is InChI=1S/C15H17ClFNOS/c1-11-5-6-12(17)8-14(11)19-7-3-2-4-15-18-13(9-16)10-20-15/h5-6,8,10H,2-4,7,9H2,1H3. The molecule has 0 aliphatic carbocycles. The third-order valence-electron chi connectivity index (χ3n) is 2.93. The second-order valence-corrected chi connectivity index (χ2v) is 5.79. The van der Waals surface area contributed by atoms with Crippen LogP contribution < -0.4 is 4.74 Å². The molecule has 20 heavy (non-hydrogen) atoms. The van der Waals surface area contributed by atoms with Crippen LogP contribution in [0.15, 0.2) is 23.6 Å². The highest BCUT2D eigenvalue weighted by Gasteiger charge is 2.03. The molecule has 0 aliphatic rings. The van der Waals surface area contributed by atoms with E-state index in [-0.39, 0.29) is 5.82 Å². The van der Waals surface area contributed by atoms with Crippen LogP contribution in [0.1, 0.15) is 29.1 Å². The molecule has 2 nitrogen and oxygen atoms in total. The molecule has 2 rings (SSSR count). The Bertz CT molecular complexity index is 559. The van der Waals surface area contributed by atoms with Gasteiger partial charge in [0.1, 0.15) is 11.6 Å². The third-order valence-corrected chi connectivity index (χ3v) is 4.16. The zero-order valence-corrected chi connectivity index (χ0v) is 12.9. The van der Waals surface area contributed by atoms with E-state index in [4.69, 9.17) is 16.3 Å². The van der Waals surface area contributed by atoms with E-state index < -0.39 is 0 Å². The number of aryl methyl sites for hydroxylation is 2. The SMILES string of the molecule is Cc1ccc(F)cc1OCCCCc1nc(CCl)cs1. The fourth-order valence-electron chi connectivity index (χ4n) is 1.81. The molecule has 0 saturated carbocycles. The first kappa shape index (κ1) is 15.3. The van der Waals surface area contributed by atoms with Crippen LogP contribution >= 0.6 is 22.9 Å². The molecule has 0 amide bonds. The van der Waals surface area contributed by atoms with Gasteiger partial charge in [0.25, 0.3) is 0 Å². The molecule has 5 heteroatoms. The number of halogens is 2. The minimum atomic E-state index is -0.262.